The zero-order chi connectivity index (χ0) is 24.6. The van der Waals surface area contributed by atoms with Gasteiger partial charge in [0, 0.05) is 37.1 Å². The summed E-state index contributed by atoms with van der Waals surface area (Å²) in [7, 11) is 1.71. The van der Waals surface area contributed by atoms with Crippen LogP contribution in [0.2, 0.25) is 0 Å². The summed E-state index contributed by atoms with van der Waals surface area (Å²) in [6.07, 6.45) is 9.64. The van der Waals surface area contributed by atoms with E-state index in [4.69, 9.17) is 9.72 Å². The quantitative estimate of drug-likeness (QED) is 0.622. The first-order chi connectivity index (χ1) is 17.6. The van der Waals surface area contributed by atoms with Crippen molar-refractivity contribution in [3.8, 4) is 5.75 Å². The Hall–Kier alpha value is -1.89. The predicted molar refractivity (Wildman–Crippen MR) is 146 cm³/mol. The number of aliphatic hydroxyl groups is 1. The molecule has 2 aromatic rings. The molecule has 5 fully saturated rings. The van der Waals surface area contributed by atoms with E-state index in [0.29, 0.717) is 6.04 Å². The first kappa shape index (κ1) is 24.4. The van der Waals surface area contributed by atoms with Gasteiger partial charge in [0.1, 0.15) is 11.6 Å². The third-order valence-corrected chi connectivity index (χ3v) is 9.87. The molecule has 6 nitrogen and oxygen atoms in total. The van der Waals surface area contributed by atoms with Crippen LogP contribution in [0.3, 0.4) is 0 Å². The Morgan fingerprint density at radius 2 is 1.81 bits per heavy atom. The predicted octanol–water partition coefficient (Wildman–Crippen LogP) is 4.85. The molecular formula is C30H44N4O2. The third-order valence-electron chi connectivity index (χ3n) is 9.87. The van der Waals surface area contributed by atoms with Crippen molar-refractivity contribution in [3.05, 3.63) is 29.8 Å². The Balaban J connectivity index is 1.27. The van der Waals surface area contributed by atoms with Gasteiger partial charge in [0.25, 0.3) is 0 Å². The van der Waals surface area contributed by atoms with Gasteiger partial charge in [-0.3, -0.25) is 4.90 Å². The van der Waals surface area contributed by atoms with Crippen molar-refractivity contribution in [3.63, 3.8) is 0 Å². The highest BCUT2D eigenvalue weighted by atomic mass is 16.5. The van der Waals surface area contributed by atoms with E-state index in [-0.39, 0.29) is 6.04 Å². The molecule has 1 N–H and O–H groups in total. The van der Waals surface area contributed by atoms with Gasteiger partial charge in [-0.2, -0.15) is 0 Å². The van der Waals surface area contributed by atoms with Gasteiger partial charge in [0.15, 0.2) is 0 Å². The first-order valence-corrected chi connectivity index (χ1v) is 14.5. The average Bonchev–Trinajstić information content (AvgIpc) is 2.96. The zero-order valence-electron chi connectivity index (χ0n) is 22.2. The molecule has 5 saturated heterocycles. The number of aromatic nitrogens is 1. The molecule has 5 atom stereocenters. The number of likely N-dealkylation sites (tertiary alicyclic amines) is 1. The maximum absolute atomic E-state index is 11.9. The van der Waals surface area contributed by atoms with Crippen LogP contribution in [0, 0.1) is 11.8 Å². The van der Waals surface area contributed by atoms with Crippen molar-refractivity contribution in [2.75, 3.05) is 51.3 Å². The number of methoxy groups -OCH3 is 1. The number of hydrogen-bond donors (Lipinski definition) is 1. The maximum atomic E-state index is 11.9. The van der Waals surface area contributed by atoms with Crippen molar-refractivity contribution >= 4 is 16.7 Å². The second-order valence-corrected chi connectivity index (χ2v) is 11.7. The lowest BCUT2D eigenvalue weighted by Crippen LogP contribution is -2.55. The van der Waals surface area contributed by atoms with Crippen molar-refractivity contribution in [1.82, 2.24) is 14.8 Å². The van der Waals surface area contributed by atoms with Gasteiger partial charge < -0.3 is 19.6 Å². The lowest BCUT2D eigenvalue weighted by Gasteiger charge is -2.51. The summed E-state index contributed by atoms with van der Waals surface area (Å²) in [5, 5.41) is 12.9. The lowest BCUT2D eigenvalue weighted by atomic mass is 9.72. The molecule has 0 amide bonds. The van der Waals surface area contributed by atoms with Gasteiger partial charge in [-0.15, -0.1) is 0 Å². The first-order valence-electron chi connectivity index (χ1n) is 14.5. The Morgan fingerprint density at radius 3 is 2.50 bits per heavy atom. The van der Waals surface area contributed by atoms with E-state index in [9.17, 15) is 5.11 Å². The van der Waals surface area contributed by atoms with Gasteiger partial charge in [-0.1, -0.05) is 19.8 Å². The van der Waals surface area contributed by atoms with Crippen LogP contribution in [0.4, 0.5) is 5.82 Å². The van der Waals surface area contributed by atoms with Gasteiger partial charge >= 0.3 is 0 Å². The molecule has 196 valence electrons. The summed E-state index contributed by atoms with van der Waals surface area (Å²) < 4.78 is 5.56. The van der Waals surface area contributed by atoms with Gasteiger partial charge in [-0.25, -0.2) is 4.98 Å². The van der Waals surface area contributed by atoms with Crippen molar-refractivity contribution < 1.29 is 9.84 Å². The van der Waals surface area contributed by atoms with Crippen LogP contribution in [0.5, 0.6) is 5.75 Å². The summed E-state index contributed by atoms with van der Waals surface area (Å²) in [5.74, 6) is 3.38. The van der Waals surface area contributed by atoms with Crippen LogP contribution in [0.25, 0.3) is 10.9 Å². The molecule has 1 unspecified atom stereocenters. The maximum Gasteiger partial charge on any atom is 0.129 e. The highest BCUT2D eigenvalue weighted by molar-refractivity contribution is 5.86. The van der Waals surface area contributed by atoms with Gasteiger partial charge in [0.2, 0.25) is 0 Å². The van der Waals surface area contributed by atoms with E-state index in [1.807, 2.05) is 6.07 Å². The average molecular weight is 493 g/mol. The number of hydrogen-bond acceptors (Lipinski definition) is 6. The second-order valence-electron chi connectivity index (χ2n) is 11.7. The van der Waals surface area contributed by atoms with Crippen molar-refractivity contribution in [1.29, 1.82) is 0 Å². The molecule has 0 saturated carbocycles. The molecule has 0 spiro atoms. The summed E-state index contributed by atoms with van der Waals surface area (Å²) >= 11 is 0. The minimum Gasteiger partial charge on any atom is -0.497 e. The molecule has 5 aliphatic heterocycles. The van der Waals surface area contributed by atoms with E-state index in [1.54, 1.807) is 7.11 Å². The number of pyridine rings is 1. The Bertz CT molecular complexity index is 1050. The highest BCUT2D eigenvalue weighted by Gasteiger charge is 2.42. The number of ether oxygens (including phenoxy) is 1. The molecular weight excluding hydrogens is 448 g/mol. The van der Waals surface area contributed by atoms with Crippen LogP contribution in [0.15, 0.2) is 24.3 Å². The fourth-order valence-electron chi connectivity index (χ4n) is 7.67. The fraction of sp³-hybridized carbons (Fsp3) is 0.700. The molecule has 36 heavy (non-hydrogen) atoms. The lowest BCUT2D eigenvalue weighted by molar-refractivity contribution is -0.0562. The van der Waals surface area contributed by atoms with Crippen molar-refractivity contribution in [2.45, 2.75) is 76.5 Å². The van der Waals surface area contributed by atoms with E-state index in [1.165, 1.54) is 58.0 Å². The van der Waals surface area contributed by atoms with E-state index in [0.717, 1.165) is 72.5 Å². The minimum absolute atomic E-state index is 0.195. The smallest absolute Gasteiger partial charge is 0.129 e. The van der Waals surface area contributed by atoms with Gasteiger partial charge in [-0.05, 0) is 99.8 Å². The number of fused-ring (bicyclic) bond motifs is 4. The van der Waals surface area contributed by atoms with Crippen LogP contribution >= 0.6 is 0 Å². The molecule has 0 aliphatic carbocycles. The Labute approximate surface area is 216 Å². The molecule has 1 aromatic carbocycles. The van der Waals surface area contributed by atoms with Gasteiger partial charge in [0.05, 0.1) is 18.7 Å². The molecule has 6 heteroatoms. The molecule has 1 aromatic heterocycles. The summed E-state index contributed by atoms with van der Waals surface area (Å²) in [6.45, 7) is 9.20. The molecule has 6 heterocycles. The number of piperidine rings is 5. The van der Waals surface area contributed by atoms with Crippen LogP contribution in [-0.4, -0.2) is 78.4 Å². The van der Waals surface area contributed by atoms with Crippen LogP contribution in [-0.2, 0) is 0 Å². The standard InChI is InChI=1S/C30H44N4O2/c1-3-21-20-34-14-9-22(21)17-28(34)30(35)26-19-29(31-27-8-7-24(36-2)18-25(26)27)33-15-10-23(11-16-33)32-12-5-4-6-13-32/h7-8,18-19,21-23,28,30,35H,3-6,9-17,20H2,1-2H3/t21-,22-,28-,30+/m0/s1. The Kier molecular flexibility index (Phi) is 7.11. The number of benzene rings is 1. The SMILES string of the molecule is CC[C@H]1CN2CC[C@H]1C[C@H]2[C@H](O)c1cc(N2CCC(N3CCCCC3)CC2)nc2ccc(OC)cc12. The fourth-order valence-corrected chi connectivity index (χ4v) is 7.67. The summed E-state index contributed by atoms with van der Waals surface area (Å²) in [5.41, 5.74) is 1.99. The normalized spacial score (nSPS) is 30.6. The van der Waals surface area contributed by atoms with E-state index < -0.39 is 6.10 Å². The van der Waals surface area contributed by atoms with Crippen molar-refractivity contribution in [2.24, 2.45) is 11.8 Å². The van der Waals surface area contributed by atoms with E-state index >= 15 is 0 Å². The zero-order valence-corrected chi connectivity index (χ0v) is 22.2. The second kappa shape index (κ2) is 10.5. The largest absolute Gasteiger partial charge is 0.497 e. The number of rotatable bonds is 6. The van der Waals surface area contributed by atoms with Crippen LogP contribution in [0.1, 0.15) is 70.0 Å². The number of aliphatic hydroxyl groups excluding tert-OH is 1. The van der Waals surface area contributed by atoms with E-state index in [2.05, 4.69) is 39.8 Å². The van der Waals surface area contributed by atoms with Crippen LogP contribution < -0.4 is 9.64 Å². The molecule has 2 bridgehead atoms. The summed E-state index contributed by atoms with van der Waals surface area (Å²) in [6, 6.07) is 9.24. The minimum atomic E-state index is -0.507. The Morgan fingerprint density at radius 1 is 1.00 bits per heavy atom. The molecule has 7 rings (SSSR count). The summed E-state index contributed by atoms with van der Waals surface area (Å²) in [4.78, 5) is 12.9. The highest BCUT2D eigenvalue weighted by Crippen LogP contribution is 2.43. The molecule has 0 radical (unpaired) electrons. The monoisotopic (exact) mass is 492 g/mol. The third kappa shape index (κ3) is 4.61. The number of nitrogens with zero attached hydrogens (tertiary/aromatic N) is 4. The number of anilines is 1. The molecule has 5 aliphatic rings. The topological polar surface area (TPSA) is 52.1 Å².